The number of carbonyl (C=O) groups excluding carboxylic acids is 1. The smallest absolute Gasteiger partial charge is 0.339 e. The summed E-state index contributed by atoms with van der Waals surface area (Å²) in [5, 5.41) is 0. The molecule has 1 fully saturated rings. The lowest BCUT2D eigenvalue weighted by molar-refractivity contribution is -0.135. The molecular formula is C24H30FNO5S. The van der Waals surface area contributed by atoms with Gasteiger partial charge in [-0.3, -0.25) is 4.79 Å². The molecule has 0 aromatic heterocycles. The molecule has 1 saturated heterocycles. The summed E-state index contributed by atoms with van der Waals surface area (Å²) in [4.78, 5) is 14.6. The summed E-state index contributed by atoms with van der Waals surface area (Å²) < 4.78 is 49.7. The van der Waals surface area contributed by atoms with Crippen LogP contribution < -0.4 is 4.18 Å². The highest BCUT2D eigenvalue weighted by molar-refractivity contribution is 7.87. The number of halogens is 1. The lowest BCUT2D eigenvalue weighted by Crippen LogP contribution is -2.38. The highest BCUT2D eigenvalue weighted by Gasteiger charge is 2.27. The van der Waals surface area contributed by atoms with Crippen LogP contribution in [0.15, 0.2) is 53.4 Å². The molecular weight excluding hydrogens is 433 g/mol. The Hall–Kier alpha value is -2.45. The number of benzene rings is 2. The van der Waals surface area contributed by atoms with Gasteiger partial charge in [0.1, 0.15) is 16.5 Å². The molecule has 0 unspecified atom stereocenters. The molecule has 8 heteroatoms. The summed E-state index contributed by atoms with van der Waals surface area (Å²) in [6.07, 6.45) is 2.17. The van der Waals surface area contributed by atoms with Gasteiger partial charge in [-0.1, -0.05) is 39.0 Å². The van der Waals surface area contributed by atoms with Crippen molar-refractivity contribution < 1.29 is 26.5 Å². The van der Waals surface area contributed by atoms with E-state index in [1.54, 1.807) is 29.2 Å². The zero-order valence-corrected chi connectivity index (χ0v) is 19.5. The fourth-order valence-corrected chi connectivity index (χ4v) is 4.51. The van der Waals surface area contributed by atoms with Crippen molar-refractivity contribution >= 4 is 16.0 Å². The van der Waals surface area contributed by atoms with Gasteiger partial charge in [0.05, 0.1) is 6.10 Å². The first-order valence-electron chi connectivity index (χ1n) is 10.7. The van der Waals surface area contributed by atoms with Crippen LogP contribution in [0, 0.1) is 11.2 Å². The molecule has 3 rings (SSSR count). The molecule has 0 N–H and O–H groups in total. The van der Waals surface area contributed by atoms with Gasteiger partial charge in [-0.25, -0.2) is 4.39 Å². The predicted molar refractivity (Wildman–Crippen MR) is 119 cm³/mol. The van der Waals surface area contributed by atoms with Gasteiger partial charge in [0.25, 0.3) is 0 Å². The van der Waals surface area contributed by atoms with Crippen molar-refractivity contribution in [3.8, 4) is 5.75 Å². The molecule has 1 heterocycles. The third-order valence-corrected chi connectivity index (χ3v) is 6.37. The molecule has 1 aliphatic heterocycles. The number of carbonyl (C=O) groups is 1. The summed E-state index contributed by atoms with van der Waals surface area (Å²) >= 11 is 0. The fraction of sp³-hybridized carbons (Fsp3) is 0.458. The molecule has 1 amide bonds. The predicted octanol–water partition coefficient (Wildman–Crippen LogP) is 4.54. The van der Waals surface area contributed by atoms with Crippen molar-refractivity contribution in [1.29, 1.82) is 0 Å². The van der Waals surface area contributed by atoms with Crippen LogP contribution in [-0.4, -0.2) is 38.5 Å². The van der Waals surface area contributed by atoms with E-state index in [0.29, 0.717) is 25.1 Å². The first kappa shape index (κ1) is 24.2. The van der Waals surface area contributed by atoms with Crippen molar-refractivity contribution in [2.75, 3.05) is 13.2 Å². The Balaban J connectivity index is 1.83. The van der Waals surface area contributed by atoms with Crippen LogP contribution >= 0.6 is 0 Å². The van der Waals surface area contributed by atoms with E-state index in [1.165, 1.54) is 0 Å². The van der Waals surface area contributed by atoms with Crippen molar-refractivity contribution in [2.45, 2.75) is 57.6 Å². The Morgan fingerprint density at radius 1 is 1.16 bits per heavy atom. The first-order valence-corrected chi connectivity index (χ1v) is 12.1. The van der Waals surface area contributed by atoms with Crippen molar-refractivity contribution in [3.05, 3.63) is 59.9 Å². The van der Waals surface area contributed by atoms with Crippen LogP contribution in [0.1, 0.15) is 45.6 Å². The number of nitrogens with zero attached hydrogens (tertiary/aromatic N) is 1. The summed E-state index contributed by atoms with van der Waals surface area (Å²) in [5.41, 5.74) is 0.381. The second kappa shape index (κ2) is 10.0. The molecule has 1 atom stereocenters. The van der Waals surface area contributed by atoms with E-state index in [-0.39, 0.29) is 34.6 Å². The summed E-state index contributed by atoms with van der Waals surface area (Å²) in [6.45, 7) is 7.32. The first-order chi connectivity index (χ1) is 15.0. The standard InChI is InChI=1S/C24H30FNO5S/c1-24(2,3)15-23(27)26(17-20-8-6-14-30-20)16-18-7-4-5-9-22(18)31-32(28,29)21-12-10-19(25)11-13-21/h4-5,7,9-13,20H,6,8,14-17H2,1-3H3/t20-/m1/s1. The van der Waals surface area contributed by atoms with Crippen molar-refractivity contribution in [3.63, 3.8) is 0 Å². The zero-order valence-electron chi connectivity index (χ0n) is 18.7. The number of ether oxygens (including phenoxy) is 1. The quantitative estimate of drug-likeness (QED) is 0.538. The van der Waals surface area contributed by atoms with Crippen LogP contribution in [0.2, 0.25) is 0 Å². The molecule has 0 radical (unpaired) electrons. The molecule has 32 heavy (non-hydrogen) atoms. The number of para-hydroxylation sites is 1. The summed E-state index contributed by atoms with van der Waals surface area (Å²) in [7, 11) is -4.15. The lowest BCUT2D eigenvalue weighted by atomic mass is 9.91. The number of rotatable bonds is 8. The van der Waals surface area contributed by atoms with E-state index in [9.17, 15) is 17.6 Å². The Morgan fingerprint density at radius 2 is 1.84 bits per heavy atom. The zero-order chi connectivity index (χ0) is 23.4. The number of hydrogen-bond donors (Lipinski definition) is 0. The van der Waals surface area contributed by atoms with Crippen molar-refractivity contribution in [2.24, 2.45) is 5.41 Å². The second-order valence-corrected chi connectivity index (χ2v) is 10.8. The van der Waals surface area contributed by atoms with Gasteiger partial charge < -0.3 is 13.8 Å². The summed E-state index contributed by atoms with van der Waals surface area (Å²) in [6, 6.07) is 11.2. The minimum atomic E-state index is -4.15. The van der Waals surface area contributed by atoms with E-state index >= 15 is 0 Å². The monoisotopic (exact) mass is 463 g/mol. The highest BCUT2D eigenvalue weighted by atomic mass is 32.2. The number of amides is 1. The maximum atomic E-state index is 13.2. The molecule has 0 saturated carbocycles. The van der Waals surface area contributed by atoms with E-state index < -0.39 is 15.9 Å². The lowest BCUT2D eigenvalue weighted by Gasteiger charge is -2.29. The van der Waals surface area contributed by atoms with Gasteiger partial charge in [0.15, 0.2) is 0 Å². The van der Waals surface area contributed by atoms with Gasteiger partial charge in [-0.15, -0.1) is 0 Å². The van der Waals surface area contributed by atoms with Gasteiger partial charge in [0, 0.05) is 31.7 Å². The van der Waals surface area contributed by atoms with Gasteiger partial charge in [-0.2, -0.15) is 8.42 Å². The third kappa shape index (κ3) is 6.77. The molecule has 174 valence electrons. The van der Waals surface area contributed by atoms with Crippen molar-refractivity contribution in [1.82, 2.24) is 4.90 Å². The highest BCUT2D eigenvalue weighted by Crippen LogP contribution is 2.27. The van der Waals surface area contributed by atoms with Gasteiger partial charge in [0.2, 0.25) is 5.91 Å². The Bertz CT molecular complexity index is 1030. The largest absolute Gasteiger partial charge is 0.379 e. The molecule has 6 nitrogen and oxygen atoms in total. The normalized spacial score (nSPS) is 16.7. The van der Waals surface area contributed by atoms with Crippen LogP contribution in [0.3, 0.4) is 0 Å². The molecule has 0 aliphatic carbocycles. The van der Waals surface area contributed by atoms with Crippen LogP contribution in [0.25, 0.3) is 0 Å². The second-order valence-electron chi connectivity index (χ2n) is 9.25. The Morgan fingerprint density at radius 3 is 2.47 bits per heavy atom. The molecule has 2 aromatic rings. The average molecular weight is 464 g/mol. The topological polar surface area (TPSA) is 72.9 Å². The third-order valence-electron chi connectivity index (χ3n) is 5.12. The average Bonchev–Trinajstić information content (AvgIpc) is 3.21. The van der Waals surface area contributed by atoms with E-state index in [2.05, 4.69) is 0 Å². The van der Waals surface area contributed by atoms with Crippen LogP contribution in [0.5, 0.6) is 5.75 Å². The van der Waals surface area contributed by atoms with E-state index in [4.69, 9.17) is 8.92 Å². The maximum Gasteiger partial charge on any atom is 0.339 e. The Labute approximate surface area is 189 Å². The maximum absolute atomic E-state index is 13.2. The molecule has 0 bridgehead atoms. The Kier molecular flexibility index (Phi) is 7.56. The van der Waals surface area contributed by atoms with E-state index in [0.717, 1.165) is 37.1 Å². The molecule has 2 aromatic carbocycles. The van der Waals surface area contributed by atoms with Crippen LogP contribution in [-0.2, 0) is 26.2 Å². The number of hydrogen-bond acceptors (Lipinski definition) is 5. The van der Waals surface area contributed by atoms with Gasteiger partial charge >= 0.3 is 10.1 Å². The minimum Gasteiger partial charge on any atom is -0.379 e. The van der Waals surface area contributed by atoms with E-state index in [1.807, 2.05) is 20.8 Å². The summed E-state index contributed by atoms with van der Waals surface area (Å²) in [5.74, 6) is -0.423. The van der Waals surface area contributed by atoms with Crippen LogP contribution in [0.4, 0.5) is 4.39 Å². The van der Waals surface area contributed by atoms with Gasteiger partial charge in [-0.05, 0) is 48.6 Å². The SMILES string of the molecule is CC(C)(C)CC(=O)N(Cc1ccccc1OS(=O)(=O)c1ccc(F)cc1)C[C@H]1CCCO1. The molecule has 0 spiro atoms. The fourth-order valence-electron chi connectivity index (χ4n) is 3.54. The minimum absolute atomic E-state index is 0.0239. The molecule has 1 aliphatic rings.